The SMILES string of the molecule is O=C(NCCCN1CCc2ccccc2C1)[C@@H]1CCCN(c2ccc(-c3nn[nH]n3)cc2)C1. The number of rotatable bonds is 7. The molecule has 33 heavy (non-hydrogen) atoms. The van der Waals surface area contributed by atoms with E-state index in [2.05, 4.69) is 72.1 Å². The summed E-state index contributed by atoms with van der Waals surface area (Å²) in [7, 11) is 0. The fraction of sp³-hybridized carbons (Fsp3) is 0.440. The van der Waals surface area contributed by atoms with Gasteiger partial charge >= 0.3 is 0 Å². The number of amides is 1. The van der Waals surface area contributed by atoms with E-state index in [0.717, 1.165) is 76.2 Å². The van der Waals surface area contributed by atoms with E-state index in [4.69, 9.17) is 0 Å². The fourth-order valence-corrected chi connectivity index (χ4v) is 4.93. The molecule has 0 saturated carbocycles. The maximum atomic E-state index is 12.8. The Hall–Kier alpha value is -3.26. The molecule has 2 aliphatic heterocycles. The molecule has 0 radical (unpaired) electrons. The second-order valence-corrected chi connectivity index (χ2v) is 9.01. The van der Waals surface area contributed by atoms with Crippen molar-refractivity contribution in [1.82, 2.24) is 30.8 Å². The zero-order valence-electron chi connectivity index (χ0n) is 18.9. The molecule has 0 aliphatic carbocycles. The van der Waals surface area contributed by atoms with Gasteiger partial charge in [-0.1, -0.05) is 24.3 Å². The van der Waals surface area contributed by atoms with Crippen LogP contribution in [0.4, 0.5) is 5.69 Å². The van der Waals surface area contributed by atoms with Gasteiger partial charge in [0.15, 0.2) is 0 Å². The first-order valence-electron chi connectivity index (χ1n) is 11.9. The van der Waals surface area contributed by atoms with Crippen LogP contribution >= 0.6 is 0 Å². The van der Waals surface area contributed by atoms with E-state index in [0.29, 0.717) is 5.82 Å². The first kappa shape index (κ1) is 21.6. The van der Waals surface area contributed by atoms with E-state index >= 15 is 0 Å². The van der Waals surface area contributed by atoms with Crippen molar-refractivity contribution in [1.29, 1.82) is 0 Å². The predicted molar refractivity (Wildman–Crippen MR) is 128 cm³/mol. The van der Waals surface area contributed by atoms with Crippen molar-refractivity contribution < 1.29 is 4.79 Å². The van der Waals surface area contributed by atoms with Crippen molar-refractivity contribution in [2.24, 2.45) is 5.92 Å². The van der Waals surface area contributed by atoms with E-state index in [9.17, 15) is 4.79 Å². The average molecular weight is 446 g/mol. The highest BCUT2D eigenvalue weighted by Gasteiger charge is 2.26. The number of aromatic amines is 1. The zero-order valence-corrected chi connectivity index (χ0v) is 18.9. The minimum Gasteiger partial charge on any atom is -0.371 e. The third kappa shape index (κ3) is 5.22. The summed E-state index contributed by atoms with van der Waals surface area (Å²) in [5, 5.41) is 17.3. The maximum absolute atomic E-state index is 12.8. The van der Waals surface area contributed by atoms with Gasteiger partial charge in [-0.15, -0.1) is 10.2 Å². The number of hydrogen-bond donors (Lipinski definition) is 2. The van der Waals surface area contributed by atoms with Crippen molar-refractivity contribution in [2.75, 3.05) is 37.6 Å². The van der Waals surface area contributed by atoms with Crippen LogP contribution in [0.3, 0.4) is 0 Å². The molecular formula is C25H31N7O. The van der Waals surface area contributed by atoms with E-state index in [1.54, 1.807) is 0 Å². The molecule has 3 aromatic rings. The van der Waals surface area contributed by atoms with Crippen LogP contribution in [-0.2, 0) is 17.8 Å². The molecule has 1 aromatic heterocycles. The highest BCUT2D eigenvalue weighted by molar-refractivity contribution is 5.79. The minimum absolute atomic E-state index is 0.0393. The number of fused-ring (bicyclic) bond motifs is 1. The van der Waals surface area contributed by atoms with Crippen LogP contribution in [0.2, 0.25) is 0 Å². The van der Waals surface area contributed by atoms with Gasteiger partial charge in [-0.2, -0.15) is 5.21 Å². The standard InChI is InChI=1S/C25H31N7O/c33-25(26-13-4-14-31-16-12-19-5-1-2-6-21(19)17-31)22-7-3-15-32(18-22)23-10-8-20(9-11-23)24-27-29-30-28-24/h1-2,5-6,8-11,22H,3-4,7,12-18H2,(H,26,33)(H,27,28,29,30)/t22-/m1/s1. The number of carbonyl (C=O) groups is 1. The molecule has 2 aliphatic rings. The van der Waals surface area contributed by atoms with Gasteiger partial charge in [0.25, 0.3) is 0 Å². The second-order valence-electron chi connectivity index (χ2n) is 9.01. The van der Waals surface area contributed by atoms with Crippen LogP contribution in [-0.4, -0.2) is 64.2 Å². The van der Waals surface area contributed by atoms with E-state index < -0.39 is 0 Å². The Morgan fingerprint density at radius 3 is 2.76 bits per heavy atom. The van der Waals surface area contributed by atoms with Gasteiger partial charge in [0, 0.05) is 50.5 Å². The summed E-state index contributed by atoms with van der Waals surface area (Å²) < 4.78 is 0. The first-order chi connectivity index (χ1) is 16.3. The number of nitrogens with zero attached hydrogens (tertiary/aromatic N) is 5. The molecule has 0 spiro atoms. The van der Waals surface area contributed by atoms with Crippen molar-refractivity contribution in [3.8, 4) is 11.4 Å². The molecule has 8 heteroatoms. The Morgan fingerprint density at radius 2 is 1.94 bits per heavy atom. The summed E-state index contributed by atoms with van der Waals surface area (Å²) in [6, 6.07) is 16.9. The third-order valence-corrected chi connectivity index (χ3v) is 6.79. The van der Waals surface area contributed by atoms with Gasteiger partial charge in [0.2, 0.25) is 11.7 Å². The molecule has 1 amide bonds. The predicted octanol–water partition coefficient (Wildman–Crippen LogP) is 2.65. The lowest BCUT2D eigenvalue weighted by Gasteiger charge is -2.34. The zero-order chi connectivity index (χ0) is 22.5. The highest BCUT2D eigenvalue weighted by Crippen LogP contribution is 2.25. The Morgan fingerprint density at radius 1 is 1.09 bits per heavy atom. The number of aromatic nitrogens is 4. The number of H-pyrrole nitrogens is 1. The van der Waals surface area contributed by atoms with Gasteiger partial charge in [-0.3, -0.25) is 9.69 Å². The van der Waals surface area contributed by atoms with Crippen molar-refractivity contribution in [3.63, 3.8) is 0 Å². The summed E-state index contributed by atoms with van der Waals surface area (Å²) >= 11 is 0. The number of hydrogen-bond acceptors (Lipinski definition) is 6. The first-order valence-corrected chi connectivity index (χ1v) is 11.9. The molecule has 1 atom stereocenters. The monoisotopic (exact) mass is 445 g/mol. The summed E-state index contributed by atoms with van der Waals surface area (Å²) in [5.74, 6) is 0.816. The number of nitrogens with one attached hydrogen (secondary N) is 2. The molecule has 0 unspecified atom stereocenters. The van der Waals surface area contributed by atoms with E-state index in [-0.39, 0.29) is 11.8 Å². The fourth-order valence-electron chi connectivity index (χ4n) is 4.93. The van der Waals surface area contributed by atoms with Crippen molar-refractivity contribution in [3.05, 3.63) is 59.7 Å². The van der Waals surface area contributed by atoms with Crippen LogP contribution in [0.5, 0.6) is 0 Å². The lowest BCUT2D eigenvalue weighted by Crippen LogP contribution is -2.43. The molecule has 2 aromatic carbocycles. The summed E-state index contributed by atoms with van der Waals surface area (Å²) in [4.78, 5) is 17.6. The normalized spacial score (nSPS) is 18.7. The van der Waals surface area contributed by atoms with Crippen LogP contribution in [0.15, 0.2) is 48.5 Å². The third-order valence-electron chi connectivity index (χ3n) is 6.79. The van der Waals surface area contributed by atoms with Gasteiger partial charge in [-0.25, -0.2) is 0 Å². The molecule has 5 rings (SSSR count). The summed E-state index contributed by atoms with van der Waals surface area (Å²) in [5.41, 5.74) is 4.98. The van der Waals surface area contributed by atoms with Crippen LogP contribution in [0.1, 0.15) is 30.4 Å². The smallest absolute Gasteiger partial charge is 0.224 e. The van der Waals surface area contributed by atoms with Gasteiger partial charge in [0.05, 0.1) is 5.92 Å². The Kier molecular flexibility index (Phi) is 6.62. The highest BCUT2D eigenvalue weighted by atomic mass is 16.1. The van der Waals surface area contributed by atoms with Gasteiger partial charge < -0.3 is 10.2 Å². The number of benzene rings is 2. The van der Waals surface area contributed by atoms with Crippen LogP contribution in [0, 0.1) is 5.92 Å². The summed E-state index contributed by atoms with van der Waals surface area (Å²) in [6.07, 6.45) is 4.09. The van der Waals surface area contributed by atoms with E-state index in [1.807, 2.05) is 12.1 Å². The minimum atomic E-state index is 0.0393. The average Bonchev–Trinajstić information content (AvgIpc) is 3.42. The Labute approximate surface area is 194 Å². The second kappa shape index (κ2) is 10.1. The lowest BCUT2D eigenvalue weighted by atomic mass is 9.96. The van der Waals surface area contributed by atoms with Crippen LogP contribution in [0.25, 0.3) is 11.4 Å². The van der Waals surface area contributed by atoms with E-state index in [1.165, 1.54) is 11.1 Å². The number of piperidine rings is 1. The molecule has 1 saturated heterocycles. The molecular weight excluding hydrogens is 414 g/mol. The molecule has 172 valence electrons. The molecule has 8 nitrogen and oxygen atoms in total. The molecule has 3 heterocycles. The van der Waals surface area contributed by atoms with Gasteiger partial charge in [0.1, 0.15) is 0 Å². The van der Waals surface area contributed by atoms with Crippen molar-refractivity contribution >= 4 is 11.6 Å². The Balaban J connectivity index is 1.07. The quantitative estimate of drug-likeness (QED) is 0.544. The van der Waals surface area contributed by atoms with Crippen molar-refractivity contribution in [2.45, 2.75) is 32.2 Å². The lowest BCUT2D eigenvalue weighted by molar-refractivity contribution is -0.125. The molecule has 1 fully saturated rings. The number of anilines is 1. The number of tetrazole rings is 1. The van der Waals surface area contributed by atoms with Crippen LogP contribution < -0.4 is 10.2 Å². The Bertz CT molecular complexity index is 1050. The maximum Gasteiger partial charge on any atom is 0.224 e. The number of carbonyl (C=O) groups excluding carboxylic acids is 1. The molecule has 2 N–H and O–H groups in total. The summed E-state index contributed by atoms with van der Waals surface area (Å²) in [6.45, 7) is 5.63. The largest absolute Gasteiger partial charge is 0.371 e. The molecule has 0 bridgehead atoms. The van der Waals surface area contributed by atoms with Gasteiger partial charge in [-0.05, 0) is 66.3 Å². The topological polar surface area (TPSA) is 90.0 Å².